The number of benzene rings is 2. The van der Waals surface area contributed by atoms with Crippen LogP contribution in [-0.2, 0) is 6.54 Å². The molecule has 0 bridgehead atoms. The van der Waals surface area contributed by atoms with Crippen LogP contribution in [0.2, 0.25) is 0 Å². The van der Waals surface area contributed by atoms with Crippen molar-refractivity contribution in [3.8, 4) is 17.2 Å². The third-order valence-electron chi connectivity index (χ3n) is 5.65. The molecule has 28 heavy (non-hydrogen) atoms. The van der Waals surface area contributed by atoms with E-state index in [1.54, 1.807) is 18.0 Å². The highest BCUT2D eigenvalue weighted by atomic mass is 32.2. The minimum Gasteiger partial charge on any atom is -0.299 e. The highest BCUT2D eigenvalue weighted by molar-refractivity contribution is 7.98. The lowest BCUT2D eigenvalue weighted by Gasteiger charge is -2.24. The van der Waals surface area contributed by atoms with Crippen molar-refractivity contribution in [3.05, 3.63) is 58.9 Å². The van der Waals surface area contributed by atoms with E-state index in [9.17, 15) is 4.39 Å². The zero-order chi connectivity index (χ0) is 19.7. The maximum atomic E-state index is 14.3. The summed E-state index contributed by atoms with van der Waals surface area (Å²) in [6.07, 6.45) is 4.07. The SMILES string of the molecule is CC1(C)CCN(Cc2cccc(-c3ccc(C#N)c(F)c3)c2C2CC=NS2)C1. The van der Waals surface area contributed by atoms with E-state index in [2.05, 4.69) is 41.3 Å². The Bertz CT molecular complexity index is 953. The number of hydrogen-bond acceptors (Lipinski definition) is 4. The lowest BCUT2D eigenvalue weighted by molar-refractivity contribution is 0.284. The molecule has 1 unspecified atom stereocenters. The molecule has 2 aliphatic heterocycles. The van der Waals surface area contributed by atoms with Crippen LogP contribution in [0.15, 0.2) is 40.8 Å². The first-order valence-electron chi connectivity index (χ1n) is 9.69. The van der Waals surface area contributed by atoms with E-state index in [4.69, 9.17) is 5.26 Å². The Morgan fingerprint density at radius 1 is 1.32 bits per heavy atom. The number of rotatable bonds is 4. The molecule has 1 fully saturated rings. The standard InChI is InChI=1S/C23H24FN3S/c1-23(2)9-11-27(15-23)14-18-4-3-5-19(22(18)21-8-10-26-28-21)16-6-7-17(13-25)20(24)12-16/h3-7,10,12,21H,8-9,11,14-15H2,1-2H3. The Labute approximate surface area is 170 Å². The number of likely N-dealkylation sites (tertiary alicyclic amines) is 1. The van der Waals surface area contributed by atoms with Gasteiger partial charge in [0.25, 0.3) is 0 Å². The van der Waals surface area contributed by atoms with Gasteiger partial charge < -0.3 is 0 Å². The second-order valence-electron chi connectivity index (χ2n) is 8.43. The Morgan fingerprint density at radius 3 is 2.82 bits per heavy atom. The lowest BCUT2D eigenvalue weighted by atomic mass is 9.91. The Kier molecular flexibility index (Phi) is 5.27. The molecule has 5 heteroatoms. The first-order valence-corrected chi connectivity index (χ1v) is 10.5. The van der Waals surface area contributed by atoms with Crippen molar-refractivity contribution in [1.29, 1.82) is 5.26 Å². The average molecular weight is 394 g/mol. The summed E-state index contributed by atoms with van der Waals surface area (Å²) in [4.78, 5) is 2.52. The fourth-order valence-corrected chi connectivity index (χ4v) is 5.10. The van der Waals surface area contributed by atoms with E-state index in [1.165, 1.54) is 23.6 Å². The number of halogens is 1. The van der Waals surface area contributed by atoms with Crippen LogP contribution in [0.4, 0.5) is 4.39 Å². The van der Waals surface area contributed by atoms with Gasteiger partial charge in [-0.15, -0.1) is 0 Å². The van der Waals surface area contributed by atoms with Crippen LogP contribution in [-0.4, -0.2) is 24.2 Å². The first-order chi connectivity index (χ1) is 13.5. The molecule has 2 heterocycles. The molecule has 0 radical (unpaired) electrons. The predicted molar refractivity (Wildman–Crippen MR) is 114 cm³/mol. The fourth-order valence-electron chi connectivity index (χ4n) is 4.23. The number of nitriles is 1. The fraction of sp³-hybridized carbons (Fsp3) is 0.391. The largest absolute Gasteiger partial charge is 0.299 e. The van der Waals surface area contributed by atoms with E-state index < -0.39 is 5.82 Å². The molecular formula is C23H24FN3S. The summed E-state index contributed by atoms with van der Waals surface area (Å²) < 4.78 is 18.7. The topological polar surface area (TPSA) is 39.4 Å². The quantitative estimate of drug-likeness (QED) is 0.620. The van der Waals surface area contributed by atoms with E-state index in [-0.39, 0.29) is 10.8 Å². The molecule has 2 aromatic rings. The zero-order valence-electron chi connectivity index (χ0n) is 16.3. The van der Waals surface area contributed by atoms with Crippen molar-refractivity contribution >= 4 is 18.2 Å². The summed E-state index contributed by atoms with van der Waals surface area (Å²) >= 11 is 1.59. The van der Waals surface area contributed by atoms with E-state index >= 15 is 0 Å². The van der Waals surface area contributed by atoms with Gasteiger partial charge in [0, 0.05) is 25.7 Å². The molecule has 0 aliphatic carbocycles. The molecule has 2 aliphatic rings. The van der Waals surface area contributed by atoms with Crippen molar-refractivity contribution in [2.75, 3.05) is 13.1 Å². The molecule has 0 N–H and O–H groups in total. The third-order valence-corrected chi connectivity index (χ3v) is 6.60. The molecule has 1 saturated heterocycles. The summed E-state index contributed by atoms with van der Waals surface area (Å²) in [5.74, 6) is -0.465. The van der Waals surface area contributed by atoms with Crippen LogP contribution < -0.4 is 0 Å². The molecule has 144 valence electrons. The van der Waals surface area contributed by atoms with Crippen molar-refractivity contribution in [2.24, 2.45) is 9.81 Å². The highest BCUT2D eigenvalue weighted by Gasteiger charge is 2.30. The van der Waals surface area contributed by atoms with Crippen LogP contribution in [0.1, 0.15) is 48.6 Å². The van der Waals surface area contributed by atoms with E-state index in [0.717, 1.165) is 37.2 Å². The van der Waals surface area contributed by atoms with Gasteiger partial charge in [0.05, 0.1) is 10.8 Å². The molecule has 4 rings (SSSR count). The Balaban J connectivity index is 1.74. The summed E-state index contributed by atoms with van der Waals surface area (Å²) in [5.41, 5.74) is 4.85. The average Bonchev–Trinajstić information content (AvgIpc) is 3.31. The minimum absolute atomic E-state index is 0.0827. The summed E-state index contributed by atoms with van der Waals surface area (Å²) in [6.45, 7) is 7.75. The summed E-state index contributed by atoms with van der Waals surface area (Å²) in [6, 6.07) is 13.1. The summed E-state index contributed by atoms with van der Waals surface area (Å²) in [7, 11) is 0. The Hall–Kier alpha value is -2.16. The van der Waals surface area contributed by atoms with Crippen molar-refractivity contribution in [2.45, 2.75) is 38.5 Å². The van der Waals surface area contributed by atoms with Crippen LogP contribution in [0.5, 0.6) is 0 Å². The maximum absolute atomic E-state index is 14.3. The van der Waals surface area contributed by atoms with Crippen LogP contribution in [0, 0.1) is 22.6 Å². The van der Waals surface area contributed by atoms with Crippen LogP contribution in [0.25, 0.3) is 11.1 Å². The lowest BCUT2D eigenvalue weighted by Crippen LogP contribution is -2.23. The molecule has 0 amide bonds. The van der Waals surface area contributed by atoms with Crippen molar-refractivity contribution < 1.29 is 4.39 Å². The molecular weight excluding hydrogens is 369 g/mol. The van der Waals surface area contributed by atoms with Gasteiger partial charge in [0.15, 0.2) is 0 Å². The van der Waals surface area contributed by atoms with Crippen LogP contribution >= 0.6 is 11.9 Å². The second-order valence-corrected chi connectivity index (χ2v) is 9.42. The maximum Gasteiger partial charge on any atom is 0.141 e. The van der Waals surface area contributed by atoms with Gasteiger partial charge in [0.2, 0.25) is 0 Å². The molecule has 1 atom stereocenters. The number of hydrogen-bond donors (Lipinski definition) is 0. The van der Waals surface area contributed by atoms with Gasteiger partial charge in [-0.2, -0.15) is 5.26 Å². The van der Waals surface area contributed by atoms with Gasteiger partial charge in [-0.3, -0.25) is 4.90 Å². The monoisotopic (exact) mass is 393 g/mol. The Morgan fingerprint density at radius 2 is 2.18 bits per heavy atom. The third kappa shape index (κ3) is 3.85. The van der Waals surface area contributed by atoms with Crippen molar-refractivity contribution in [3.63, 3.8) is 0 Å². The molecule has 3 nitrogen and oxygen atoms in total. The van der Waals surface area contributed by atoms with Gasteiger partial charge in [-0.25, -0.2) is 8.79 Å². The number of nitrogens with zero attached hydrogens (tertiary/aromatic N) is 3. The molecule has 0 saturated carbocycles. The predicted octanol–water partition coefficient (Wildman–Crippen LogP) is 5.76. The molecule has 0 spiro atoms. The van der Waals surface area contributed by atoms with Crippen LogP contribution in [0.3, 0.4) is 0 Å². The van der Waals surface area contributed by atoms with Gasteiger partial charge >= 0.3 is 0 Å². The normalized spacial score (nSPS) is 21.1. The zero-order valence-corrected chi connectivity index (χ0v) is 17.1. The second kappa shape index (κ2) is 7.69. The molecule has 2 aromatic carbocycles. The van der Waals surface area contributed by atoms with E-state index in [0.29, 0.717) is 5.41 Å². The van der Waals surface area contributed by atoms with E-state index in [1.807, 2.05) is 18.4 Å². The van der Waals surface area contributed by atoms with Gasteiger partial charge in [-0.05, 0) is 64.7 Å². The summed E-state index contributed by atoms with van der Waals surface area (Å²) in [5, 5.41) is 9.29. The molecule has 0 aromatic heterocycles. The minimum atomic E-state index is -0.465. The van der Waals surface area contributed by atoms with Gasteiger partial charge in [-0.1, -0.05) is 38.1 Å². The van der Waals surface area contributed by atoms with Gasteiger partial charge in [0.1, 0.15) is 11.9 Å². The van der Waals surface area contributed by atoms with Crippen molar-refractivity contribution in [1.82, 2.24) is 4.90 Å². The highest BCUT2D eigenvalue weighted by Crippen LogP contribution is 2.44. The first kappa shape index (κ1) is 19.2. The smallest absolute Gasteiger partial charge is 0.141 e.